The van der Waals surface area contributed by atoms with E-state index in [1.807, 2.05) is 54.6 Å². The summed E-state index contributed by atoms with van der Waals surface area (Å²) in [6.45, 7) is 0.273. The van der Waals surface area contributed by atoms with E-state index in [1.165, 1.54) is 28.6 Å². The van der Waals surface area contributed by atoms with Crippen LogP contribution in [-0.4, -0.2) is 50.0 Å². The third-order valence-corrected chi connectivity index (χ3v) is 9.23. The van der Waals surface area contributed by atoms with Crippen molar-refractivity contribution < 1.29 is 22.4 Å². The molecule has 3 aromatic rings. The molecule has 224 valence electrons. The Bertz CT molecular complexity index is 1430. The van der Waals surface area contributed by atoms with Crippen LogP contribution < -0.4 is 9.62 Å². The van der Waals surface area contributed by atoms with Crippen LogP contribution in [0.25, 0.3) is 0 Å². The number of nitrogens with zero attached hydrogens (tertiary/aromatic N) is 2. The largest absolute Gasteiger partial charge is 0.352 e. The summed E-state index contributed by atoms with van der Waals surface area (Å²) in [5.41, 5.74) is 2.15. The number of halogens is 2. The Kier molecular flexibility index (Phi) is 11.2. The Balaban J connectivity index is 1.57. The first-order chi connectivity index (χ1) is 20.1. The number of carbonyl (C=O) groups is 2. The second-order valence-electron chi connectivity index (χ2n) is 10.8. The van der Waals surface area contributed by atoms with Crippen molar-refractivity contribution in [2.45, 2.75) is 63.6 Å². The van der Waals surface area contributed by atoms with E-state index in [0.717, 1.165) is 47.5 Å². The number of hydrogen-bond acceptors (Lipinski definition) is 4. The van der Waals surface area contributed by atoms with Gasteiger partial charge in [-0.2, -0.15) is 0 Å². The number of sulfonamides is 1. The van der Waals surface area contributed by atoms with Crippen LogP contribution in [0.4, 0.5) is 10.1 Å². The molecule has 0 aliphatic heterocycles. The molecule has 1 unspecified atom stereocenters. The Morgan fingerprint density at radius 1 is 0.952 bits per heavy atom. The summed E-state index contributed by atoms with van der Waals surface area (Å²) >= 11 is 3.45. The number of carbonyl (C=O) groups excluding carboxylic acids is 2. The summed E-state index contributed by atoms with van der Waals surface area (Å²) in [5, 5.41) is 3.19. The Morgan fingerprint density at radius 3 is 2.21 bits per heavy atom. The highest BCUT2D eigenvalue weighted by Gasteiger charge is 2.32. The number of anilines is 1. The lowest BCUT2D eigenvalue weighted by Gasteiger charge is -2.33. The zero-order chi connectivity index (χ0) is 30.1. The normalized spacial score (nSPS) is 14.4. The van der Waals surface area contributed by atoms with Gasteiger partial charge in [-0.25, -0.2) is 12.8 Å². The van der Waals surface area contributed by atoms with Gasteiger partial charge in [-0.05, 0) is 66.8 Å². The summed E-state index contributed by atoms with van der Waals surface area (Å²) in [5.74, 6) is -0.889. The average Bonchev–Trinajstić information content (AvgIpc) is 3.47. The first kappa shape index (κ1) is 31.7. The molecule has 1 saturated carbocycles. The van der Waals surface area contributed by atoms with Crippen molar-refractivity contribution in [3.8, 4) is 0 Å². The summed E-state index contributed by atoms with van der Waals surface area (Å²) in [7, 11) is -3.67. The predicted molar refractivity (Wildman–Crippen MR) is 167 cm³/mol. The van der Waals surface area contributed by atoms with Crippen molar-refractivity contribution in [1.29, 1.82) is 0 Å². The van der Waals surface area contributed by atoms with Gasteiger partial charge in [-0.1, -0.05) is 71.2 Å². The zero-order valence-electron chi connectivity index (χ0n) is 23.7. The molecule has 0 bridgehead atoms. The molecule has 1 fully saturated rings. The second-order valence-corrected chi connectivity index (χ2v) is 13.6. The van der Waals surface area contributed by atoms with Crippen LogP contribution in [0.15, 0.2) is 83.3 Å². The first-order valence-electron chi connectivity index (χ1n) is 14.2. The fraction of sp³-hybridized carbons (Fsp3) is 0.375. The molecule has 10 heteroatoms. The minimum Gasteiger partial charge on any atom is -0.352 e. The maximum Gasteiger partial charge on any atom is 0.243 e. The van der Waals surface area contributed by atoms with E-state index in [2.05, 4.69) is 21.2 Å². The molecular formula is C32H37BrFN3O4S. The predicted octanol–water partition coefficient (Wildman–Crippen LogP) is 5.83. The van der Waals surface area contributed by atoms with Gasteiger partial charge in [0.05, 0.1) is 11.9 Å². The molecule has 1 N–H and O–H groups in total. The number of hydrogen-bond donors (Lipinski definition) is 1. The maximum atomic E-state index is 13.9. The van der Waals surface area contributed by atoms with Gasteiger partial charge >= 0.3 is 0 Å². The van der Waals surface area contributed by atoms with Crippen LogP contribution in [0.1, 0.15) is 49.7 Å². The van der Waals surface area contributed by atoms with Crippen LogP contribution in [0.5, 0.6) is 0 Å². The smallest absolute Gasteiger partial charge is 0.243 e. The van der Waals surface area contributed by atoms with Crippen LogP contribution in [0.3, 0.4) is 0 Å². The number of amides is 2. The van der Waals surface area contributed by atoms with Crippen molar-refractivity contribution in [3.05, 3.63) is 100 Å². The van der Waals surface area contributed by atoms with Crippen LogP contribution in [0, 0.1) is 5.82 Å². The van der Waals surface area contributed by atoms with Gasteiger partial charge in [0.25, 0.3) is 0 Å². The number of benzene rings is 3. The molecule has 0 aromatic heterocycles. The zero-order valence-corrected chi connectivity index (χ0v) is 26.1. The molecule has 0 saturated heterocycles. The van der Waals surface area contributed by atoms with Crippen molar-refractivity contribution in [3.63, 3.8) is 0 Å². The van der Waals surface area contributed by atoms with Crippen LogP contribution >= 0.6 is 15.9 Å². The molecular weight excluding hydrogens is 621 g/mol. The van der Waals surface area contributed by atoms with Crippen molar-refractivity contribution in [2.75, 3.05) is 17.1 Å². The molecule has 1 aliphatic rings. The van der Waals surface area contributed by atoms with Gasteiger partial charge in [0.15, 0.2) is 0 Å². The minimum absolute atomic E-state index is 0.0335. The van der Waals surface area contributed by atoms with E-state index in [4.69, 9.17) is 0 Å². The Labute approximate surface area is 256 Å². The van der Waals surface area contributed by atoms with E-state index in [0.29, 0.717) is 12.1 Å². The lowest BCUT2D eigenvalue weighted by molar-refractivity contribution is -0.141. The van der Waals surface area contributed by atoms with Gasteiger partial charge < -0.3 is 10.2 Å². The highest BCUT2D eigenvalue weighted by atomic mass is 79.9. The Morgan fingerprint density at radius 2 is 1.60 bits per heavy atom. The summed E-state index contributed by atoms with van der Waals surface area (Å²) in [4.78, 5) is 29.3. The molecule has 4 rings (SSSR count). The molecule has 3 aromatic carbocycles. The van der Waals surface area contributed by atoms with E-state index in [1.54, 1.807) is 4.90 Å². The van der Waals surface area contributed by atoms with Crippen molar-refractivity contribution >= 4 is 43.5 Å². The number of rotatable bonds is 13. The van der Waals surface area contributed by atoms with Gasteiger partial charge in [0.2, 0.25) is 21.8 Å². The molecule has 42 heavy (non-hydrogen) atoms. The van der Waals surface area contributed by atoms with Crippen LogP contribution in [0.2, 0.25) is 0 Å². The Hall–Kier alpha value is -3.24. The van der Waals surface area contributed by atoms with Gasteiger partial charge in [0.1, 0.15) is 11.9 Å². The summed E-state index contributed by atoms with van der Waals surface area (Å²) in [6, 6.07) is 21.8. The maximum absolute atomic E-state index is 13.9. The molecule has 1 aliphatic carbocycles. The highest BCUT2D eigenvalue weighted by Crippen LogP contribution is 2.23. The molecule has 0 heterocycles. The molecule has 1 atom stereocenters. The fourth-order valence-corrected chi connectivity index (χ4v) is 6.55. The quantitative estimate of drug-likeness (QED) is 0.251. The highest BCUT2D eigenvalue weighted by molar-refractivity contribution is 9.10. The van der Waals surface area contributed by atoms with E-state index >= 15 is 0 Å². The summed E-state index contributed by atoms with van der Waals surface area (Å²) < 4.78 is 40.6. The third-order valence-electron chi connectivity index (χ3n) is 7.51. The number of nitrogens with one attached hydrogen (secondary N) is 1. The molecule has 0 radical (unpaired) electrons. The standard InChI is InChI=1S/C32H37BrFN3O4S/c1-42(40,41)37(29-19-17-27(34)18-20-29)21-7-12-31(38)36(23-25-13-15-26(33)16-14-25)30(22-24-8-3-2-4-9-24)32(39)35-28-10-5-6-11-28/h2-4,8-9,13-20,28,30H,5-7,10-12,21-23H2,1H3,(H,35,39). The summed E-state index contributed by atoms with van der Waals surface area (Å²) in [6.07, 6.45) is 5.69. The van der Waals surface area contributed by atoms with E-state index in [-0.39, 0.29) is 43.8 Å². The molecule has 2 amide bonds. The minimum atomic E-state index is -3.67. The third kappa shape index (κ3) is 9.13. The lowest BCUT2D eigenvalue weighted by atomic mass is 10.0. The van der Waals surface area contributed by atoms with Crippen molar-refractivity contribution in [2.24, 2.45) is 0 Å². The first-order valence-corrected chi connectivity index (χ1v) is 16.9. The van der Waals surface area contributed by atoms with E-state index < -0.39 is 21.9 Å². The average molecular weight is 659 g/mol. The van der Waals surface area contributed by atoms with Crippen LogP contribution in [-0.2, 0) is 32.6 Å². The van der Waals surface area contributed by atoms with Crippen molar-refractivity contribution in [1.82, 2.24) is 10.2 Å². The molecule has 0 spiro atoms. The van der Waals surface area contributed by atoms with Gasteiger partial charge in [-0.3, -0.25) is 13.9 Å². The SMILES string of the molecule is CS(=O)(=O)N(CCCC(=O)N(Cc1ccc(Br)cc1)C(Cc1ccccc1)C(=O)NC1CCCC1)c1ccc(F)cc1. The molecule has 7 nitrogen and oxygen atoms in total. The fourth-order valence-electron chi connectivity index (χ4n) is 5.32. The van der Waals surface area contributed by atoms with Gasteiger partial charge in [-0.15, -0.1) is 0 Å². The monoisotopic (exact) mass is 657 g/mol. The second kappa shape index (κ2) is 14.8. The van der Waals surface area contributed by atoms with E-state index in [9.17, 15) is 22.4 Å². The topological polar surface area (TPSA) is 86.8 Å². The lowest BCUT2D eigenvalue weighted by Crippen LogP contribution is -2.52. The van der Waals surface area contributed by atoms with Gasteiger partial charge in [0, 0.05) is 36.4 Å².